The lowest BCUT2D eigenvalue weighted by Gasteiger charge is -2.16. The SMILES string of the molecule is CN(Cc1ccc(Oc2ccccc2)cc1)S(=O)(=O)CC(N)=O. The molecule has 2 aromatic carbocycles. The molecule has 0 radical (unpaired) electrons. The minimum absolute atomic E-state index is 0.154. The molecule has 23 heavy (non-hydrogen) atoms. The summed E-state index contributed by atoms with van der Waals surface area (Å²) in [4.78, 5) is 10.8. The quantitative estimate of drug-likeness (QED) is 0.835. The van der Waals surface area contributed by atoms with Crippen molar-refractivity contribution in [2.75, 3.05) is 12.8 Å². The van der Waals surface area contributed by atoms with Crippen LogP contribution in [0.3, 0.4) is 0 Å². The number of para-hydroxylation sites is 1. The first-order valence-corrected chi connectivity index (χ1v) is 8.52. The van der Waals surface area contributed by atoms with Gasteiger partial charge in [0.25, 0.3) is 0 Å². The fourth-order valence-electron chi connectivity index (χ4n) is 1.93. The molecule has 1 amide bonds. The lowest BCUT2D eigenvalue weighted by atomic mass is 10.2. The van der Waals surface area contributed by atoms with E-state index in [9.17, 15) is 13.2 Å². The van der Waals surface area contributed by atoms with Crippen LogP contribution in [0.25, 0.3) is 0 Å². The van der Waals surface area contributed by atoms with Crippen molar-refractivity contribution >= 4 is 15.9 Å². The maximum atomic E-state index is 11.9. The van der Waals surface area contributed by atoms with Crippen molar-refractivity contribution in [2.24, 2.45) is 5.73 Å². The molecule has 0 aliphatic carbocycles. The summed E-state index contributed by atoms with van der Waals surface area (Å²) in [5.74, 6) is -0.189. The Kier molecular flexibility index (Phi) is 5.36. The van der Waals surface area contributed by atoms with Crippen molar-refractivity contribution in [3.05, 3.63) is 60.2 Å². The third-order valence-electron chi connectivity index (χ3n) is 3.11. The van der Waals surface area contributed by atoms with E-state index >= 15 is 0 Å². The lowest BCUT2D eigenvalue weighted by molar-refractivity contribution is -0.115. The number of primary amides is 1. The Labute approximate surface area is 135 Å². The van der Waals surface area contributed by atoms with Gasteiger partial charge in [0.05, 0.1) is 0 Å². The van der Waals surface area contributed by atoms with Crippen molar-refractivity contribution in [1.82, 2.24) is 4.31 Å². The minimum atomic E-state index is -3.69. The number of hydrogen-bond donors (Lipinski definition) is 1. The van der Waals surface area contributed by atoms with Gasteiger partial charge < -0.3 is 10.5 Å². The third-order valence-corrected chi connectivity index (χ3v) is 4.84. The maximum absolute atomic E-state index is 11.9. The van der Waals surface area contributed by atoms with Crippen LogP contribution in [-0.2, 0) is 21.4 Å². The number of nitrogens with zero attached hydrogens (tertiary/aromatic N) is 1. The van der Waals surface area contributed by atoms with Gasteiger partial charge in [-0.3, -0.25) is 4.79 Å². The molecule has 0 saturated carbocycles. The van der Waals surface area contributed by atoms with Crippen LogP contribution in [0.4, 0.5) is 0 Å². The Morgan fingerprint density at radius 2 is 1.61 bits per heavy atom. The maximum Gasteiger partial charge on any atom is 0.234 e. The van der Waals surface area contributed by atoms with E-state index in [2.05, 4.69) is 0 Å². The van der Waals surface area contributed by atoms with E-state index in [1.165, 1.54) is 7.05 Å². The fraction of sp³-hybridized carbons (Fsp3) is 0.188. The average Bonchev–Trinajstić information content (AvgIpc) is 2.49. The molecular weight excluding hydrogens is 316 g/mol. The highest BCUT2D eigenvalue weighted by molar-refractivity contribution is 7.89. The highest BCUT2D eigenvalue weighted by Crippen LogP contribution is 2.21. The molecule has 0 aromatic heterocycles. The van der Waals surface area contributed by atoms with Gasteiger partial charge >= 0.3 is 0 Å². The van der Waals surface area contributed by atoms with E-state index in [0.29, 0.717) is 5.75 Å². The minimum Gasteiger partial charge on any atom is -0.457 e. The second-order valence-corrected chi connectivity index (χ2v) is 7.11. The highest BCUT2D eigenvalue weighted by Gasteiger charge is 2.20. The van der Waals surface area contributed by atoms with Crippen LogP contribution in [0.5, 0.6) is 11.5 Å². The average molecular weight is 334 g/mol. The second-order valence-electron chi connectivity index (χ2n) is 5.04. The predicted molar refractivity (Wildman–Crippen MR) is 87.4 cm³/mol. The molecule has 0 atom stereocenters. The summed E-state index contributed by atoms with van der Waals surface area (Å²) >= 11 is 0. The van der Waals surface area contributed by atoms with Gasteiger partial charge in [-0.15, -0.1) is 0 Å². The second kappa shape index (κ2) is 7.26. The summed E-state index contributed by atoms with van der Waals surface area (Å²) < 4.78 is 30.5. The predicted octanol–water partition coefficient (Wildman–Crippen LogP) is 1.73. The van der Waals surface area contributed by atoms with Crippen molar-refractivity contribution in [3.8, 4) is 11.5 Å². The zero-order chi connectivity index (χ0) is 16.9. The zero-order valence-electron chi connectivity index (χ0n) is 12.7. The van der Waals surface area contributed by atoms with Crippen molar-refractivity contribution in [3.63, 3.8) is 0 Å². The first-order valence-electron chi connectivity index (χ1n) is 6.91. The topological polar surface area (TPSA) is 89.7 Å². The number of benzene rings is 2. The molecule has 0 fully saturated rings. The largest absolute Gasteiger partial charge is 0.457 e. The van der Waals surface area contributed by atoms with Gasteiger partial charge in [-0.05, 0) is 29.8 Å². The van der Waals surface area contributed by atoms with E-state index in [4.69, 9.17) is 10.5 Å². The van der Waals surface area contributed by atoms with Gasteiger partial charge in [-0.1, -0.05) is 30.3 Å². The number of carbonyl (C=O) groups excluding carboxylic acids is 1. The van der Waals surface area contributed by atoms with E-state index in [1.54, 1.807) is 24.3 Å². The Morgan fingerprint density at radius 1 is 1.04 bits per heavy atom. The smallest absolute Gasteiger partial charge is 0.234 e. The van der Waals surface area contributed by atoms with Gasteiger partial charge in [-0.25, -0.2) is 12.7 Å². The van der Waals surface area contributed by atoms with Crippen molar-refractivity contribution < 1.29 is 17.9 Å². The highest BCUT2D eigenvalue weighted by atomic mass is 32.2. The first kappa shape index (κ1) is 17.0. The van der Waals surface area contributed by atoms with E-state index in [0.717, 1.165) is 15.6 Å². The molecule has 0 aliphatic heterocycles. The molecule has 0 bridgehead atoms. The number of sulfonamides is 1. The van der Waals surface area contributed by atoms with Crippen LogP contribution in [0, 0.1) is 0 Å². The van der Waals surface area contributed by atoms with Crippen LogP contribution in [0.15, 0.2) is 54.6 Å². The molecule has 7 heteroatoms. The van der Waals surface area contributed by atoms with E-state index in [1.807, 2.05) is 30.3 Å². The van der Waals surface area contributed by atoms with Gasteiger partial charge in [0.1, 0.15) is 17.3 Å². The Morgan fingerprint density at radius 3 is 2.17 bits per heavy atom. The zero-order valence-corrected chi connectivity index (χ0v) is 13.5. The molecule has 122 valence electrons. The summed E-state index contributed by atoms with van der Waals surface area (Å²) in [5.41, 5.74) is 5.72. The molecule has 2 N–H and O–H groups in total. The number of carbonyl (C=O) groups is 1. The molecule has 2 aromatic rings. The number of amides is 1. The van der Waals surface area contributed by atoms with Gasteiger partial charge in [0, 0.05) is 13.6 Å². The molecule has 0 unspecified atom stereocenters. The monoisotopic (exact) mass is 334 g/mol. The Hall–Kier alpha value is -2.38. The summed E-state index contributed by atoms with van der Waals surface area (Å²) in [6.07, 6.45) is 0. The standard InChI is InChI=1S/C16H18N2O4S/c1-18(23(20,21)12-16(17)19)11-13-7-9-15(10-8-13)22-14-5-3-2-4-6-14/h2-10H,11-12H2,1H3,(H2,17,19). The van der Waals surface area contributed by atoms with Crippen molar-refractivity contribution in [1.29, 1.82) is 0 Å². The van der Waals surface area contributed by atoms with Crippen LogP contribution in [0.2, 0.25) is 0 Å². The third kappa shape index (κ3) is 5.08. The van der Waals surface area contributed by atoms with Crippen LogP contribution in [0.1, 0.15) is 5.56 Å². The molecule has 0 saturated heterocycles. The van der Waals surface area contributed by atoms with E-state index in [-0.39, 0.29) is 6.54 Å². The molecule has 6 nitrogen and oxygen atoms in total. The summed E-state index contributed by atoms with van der Waals surface area (Å²) in [7, 11) is -2.28. The molecule has 0 heterocycles. The summed E-state index contributed by atoms with van der Waals surface area (Å²) in [6, 6.07) is 16.4. The van der Waals surface area contributed by atoms with Gasteiger partial charge in [0.15, 0.2) is 0 Å². The van der Waals surface area contributed by atoms with Crippen LogP contribution < -0.4 is 10.5 Å². The van der Waals surface area contributed by atoms with Crippen molar-refractivity contribution in [2.45, 2.75) is 6.54 Å². The number of hydrogen-bond acceptors (Lipinski definition) is 4. The molecule has 2 rings (SSSR count). The van der Waals surface area contributed by atoms with Gasteiger partial charge in [0.2, 0.25) is 15.9 Å². The molecular formula is C16H18N2O4S. The Bertz CT molecular complexity index is 758. The lowest BCUT2D eigenvalue weighted by Crippen LogP contribution is -2.34. The summed E-state index contributed by atoms with van der Waals surface area (Å²) in [5, 5.41) is 0. The molecule has 0 spiro atoms. The number of rotatable bonds is 7. The van der Waals surface area contributed by atoms with Crippen LogP contribution in [-0.4, -0.2) is 31.4 Å². The Balaban J connectivity index is 2.01. The first-order chi connectivity index (χ1) is 10.9. The summed E-state index contributed by atoms with van der Waals surface area (Å²) in [6.45, 7) is 0.154. The van der Waals surface area contributed by atoms with Gasteiger partial charge in [-0.2, -0.15) is 0 Å². The fourth-order valence-corrected chi connectivity index (χ4v) is 2.86. The molecule has 0 aliphatic rings. The number of ether oxygens (including phenoxy) is 1. The van der Waals surface area contributed by atoms with Crippen LogP contribution >= 0.6 is 0 Å². The number of nitrogens with two attached hydrogens (primary N) is 1. The normalized spacial score (nSPS) is 11.4. The van der Waals surface area contributed by atoms with E-state index < -0.39 is 21.7 Å².